The van der Waals surface area contributed by atoms with Crippen molar-refractivity contribution in [1.29, 1.82) is 0 Å². The molecule has 2 amide bonds. The van der Waals surface area contributed by atoms with Crippen LogP contribution in [-0.4, -0.2) is 50.0 Å². The van der Waals surface area contributed by atoms with Crippen molar-refractivity contribution in [3.05, 3.63) is 100 Å². The molecule has 3 aromatic carbocycles. The van der Waals surface area contributed by atoms with Crippen LogP contribution >= 0.6 is 11.6 Å². The first-order chi connectivity index (χ1) is 19.9. The first-order valence-corrected chi connectivity index (χ1v) is 16.5. The van der Waals surface area contributed by atoms with Crippen LogP contribution in [0.2, 0.25) is 5.02 Å². The van der Waals surface area contributed by atoms with Gasteiger partial charge in [0.2, 0.25) is 21.8 Å². The van der Waals surface area contributed by atoms with Gasteiger partial charge in [-0.3, -0.25) is 13.9 Å². The lowest BCUT2D eigenvalue weighted by Crippen LogP contribution is -2.52. The maximum Gasteiger partial charge on any atom is 0.243 e. The molecule has 0 fully saturated rings. The molecule has 0 saturated carbocycles. The van der Waals surface area contributed by atoms with Gasteiger partial charge in [0, 0.05) is 37.0 Å². The lowest BCUT2D eigenvalue weighted by atomic mass is 10.0. The quantitative estimate of drug-likeness (QED) is 0.240. The number of nitrogens with zero attached hydrogens (tertiary/aromatic N) is 2. The Balaban J connectivity index is 1.89. The summed E-state index contributed by atoms with van der Waals surface area (Å²) in [6.07, 6.45) is 2.65. The number of hydrogen-bond donors (Lipinski definition) is 1. The summed E-state index contributed by atoms with van der Waals surface area (Å²) in [5.74, 6) is -0.442. The smallest absolute Gasteiger partial charge is 0.243 e. The molecular formula is C33H42ClN3O4S. The third-order valence-electron chi connectivity index (χ3n) is 7.47. The van der Waals surface area contributed by atoms with E-state index in [2.05, 4.69) is 5.32 Å². The zero-order chi connectivity index (χ0) is 30.9. The van der Waals surface area contributed by atoms with Gasteiger partial charge in [0.15, 0.2) is 0 Å². The number of aryl methyl sites for hydroxylation is 2. The van der Waals surface area contributed by atoms with Crippen LogP contribution in [0.25, 0.3) is 0 Å². The number of sulfonamides is 1. The number of nitrogens with one attached hydrogen (secondary N) is 1. The van der Waals surface area contributed by atoms with Gasteiger partial charge in [0.1, 0.15) is 6.04 Å². The number of carbonyl (C=O) groups is 2. The molecule has 0 unspecified atom stereocenters. The van der Waals surface area contributed by atoms with E-state index in [0.29, 0.717) is 23.6 Å². The second-order valence-corrected chi connectivity index (χ2v) is 13.2. The number of halogens is 1. The standard InChI is InChI=1S/C33H42ClN3O4S/c1-6-26(4)35-33(39)31(22-27-11-8-7-9-12-27)36(23-28-15-17-29(34)18-16-28)32(38)13-10-20-37(42(5,40)41)30-19-14-24(2)25(3)21-30/h7-9,11-12,14-19,21,26,31H,6,10,13,20,22-23H2,1-5H3,(H,35,39)/t26-,31+/m1/s1. The Hall–Kier alpha value is -3.36. The molecule has 9 heteroatoms. The summed E-state index contributed by atoms with van der Waals surface area (Å²) in [5, 5.41) is 3.65. The number of benzene rings is 3. The van der Waals surface area contributed by atoms with Crippen molar-refractivity contribution >= 4 is 39.1 Å². The van der Waals surface area contributed by atoms with Crippen molar-refractivity contribution in [2.75, 3.05) is 17.1 Å². The first kappa shape index (κ1) is 33.1. The third kappa shape index (κ3) is 9.60. The first-order valence-electron chi connectivity index (χ1n) is 14.3. The molecule has 42 heavy (non-hydrogen) atoms. The molecule has 0 radical (unpaired) electrons. The Kier molecular flexibility index (Phi) is 12.0. The fourth-order valence-electron chi connectivity index (χ4n) is 4.67. The Bertz CT molecular complexity index is 1450. The van der Waals surface area contributed by atoms with Crippen LogP contribution in [0.3, 0.4) is 0 Å². The zero-order valence-corrected chi connectivity index (χ0v) is 26.7. The highest BCUT2D eigenvalue weighted by Gasteiger charge is 2.31. The molecule has 1 N–H and O–H groups in total. The Morgan fingerprint density at radius 3 is 2.19 bits per heavy atom. The van der Waals surface area contributed by atoms with E-state index < -0.39 is 16.1 Å². The fourth-order valence-corrected chi connectivity index (χ4v) is 5.75. The summed E-state index contributed by atoms with van der Waals surface area (Å²) in [5.41, 5.74) is 4.41. The van der Waals surface area contributed by atoms with Gasteiger partial charge in [0.05, 0.1) is 11.9 Å². The van der Waals surface area contributed by atoms with Gasteiger partial charge in [-0.1, -0.05) is 67.1 Å². The SMILES string of the molecule is CC[C@@H](C)NC(=O)[C@H](Cc1ccccc1)N(Cc1ccc(Cl)cc1)C(=O)CCCN(c1ccc(C)c(C)c1)S(C)(=O)=O. The molecule has 0 spiro atoms. The molecule has 0 aliphatic heterocycles. The predicted octanol–water partition coefficient (Wildman–Crippen LogP) is 6.06. The summed E-state index contributed by atoms with van der Waals surface area (Å²) in [6, 6.07) is 21.6. The van der Waals surface area contributed by atoms with E-state index in [1.54, 1.807) is 23.1 Å². The van der Waals surface area contributed by atoms with E-state index in [-0.39, 0.29) is 37.4 Å². The molecule has 3 aromatic rings. The number of anilines is 1. The highest BCUT2D eigenvalue weighted by atomic mass is 35.5. The molecule has 0 heterocycles. The molecule has 0 saturated heterocycles. The van der Waals surface area contributed by atoms with Crippen LogP contribution in [0.5, 0.6) is 0 Å². The molecule has 7 nitrogen and oxygen atoms in total. The van der Waals surface area contributed by atoms with Crippen LogP contribution < -0.4 is 9.62 Å². The summed E-state index contributed by atoms with van der Waals surface area (Å²) >= 11 is 6.11. The fraction of sp³-hybridized carbons (Fsp3) is 0.394. The number of amides is 2. The highest BCUT2D eigenvalue weighted by Crippen LogP contribution is 2.23. The van der Waals surface area contributed by atoms with Crippen molar-refractivity contribution in [2.24, 2.45) is 0 Å². The van der Waals surface area contributed by atoms with Crippen LogP contribution in [0.15, 0.2) is 72.8 Å². The van der Waals surface area contributed by atoms with Crippen LogP contribution in [-0.2, 0) is 32.6 Å². The molecule has 2 atom stereocenters. The van der Waals surface area contributed by atoms with Gasteiger partial charge >= 0.3 is 0 Å². The van der Waals surface area contributed by atoms with E-state index in [1.165, 1.54) is 10.6 Å². The van der Waals surface area contributed by atoms with Gasteiger partial charge in [-0.15, -0.1) is 0 Å². The average molecular weight is 612 g/mol. The predicted molar refractivity (Wildman–Crippen MR) is 171 cm³/mol. The molecule has 226 valence electrons. The molecule has 0 bridgehead atoms. The van der Waals surface area contributed by atoms with Crippen molar-refractivity contribution in [3.8, 4) is 0 Å². The third-order valence-corrected chi connectivity index (χ3v) is 8.91. The lowest BCUT2D eigenvalue weighted by molar-refractivity contribution is -0.141. The van der Waals surface area contributed by atoms with Gasteiger partial charge in [-0.05, 0) is 80.1 Å². The molecular weight excluding hydrogens is 570 g/mol. The van der Waals surface area contributed by atoms with Crippen LogP contribution in [0.4, 0.5) is 5.69 Å². The van der Waals surface area contributed by atoms with E-state index >= 15 is 0 Å². The Morgan fingerprint density at radius 2 is 1.60 bits per heavy atom. The van der Waals surface area contributed by atoms with Gasteiger partial charge in [0.25, 0.3) is 0 Å². The average Bonchev–Trinajstić information content (AvgIpc) is 2.95. The lowest BCUT2D eigenvalue weighted by Gasteiger charge is -2.32. The van der Waals surface area contributed by atoms with E-state index in [0.717, 1.165) is 28.7 Å². The van der Waals surface area contributed by atoms with Crippen LogP contribution in [0.1, 0.15) is 55.4 Å². The second kappa shape index (κ2) is 15.2. The summed E-state index contributed by atoms with van der Waals surface area (Å²) in [4.78, 5) is 29.2. The molecule has 0 aromatic heterocycles. The second-order valence-electron chi connectivity index (χ2n) is 10.9. The minimum atomic E-state index is -3.57. The van der Waals surface area contributed by atoms with Crippen LogP contribution in [0, 0.1) is 13.8 Å². The molecule has 0 aliphatic rings. The van der Waals surface area contributed by atoms with Gasteiger partial charge in [-0.25, -0.2) is 8.42 Å². The van der Waals surface area contributed by atoms with Gasteiger partial charge in [-0.2, -0.15) is 0 Å². The Morgan fingerprint density at radius 1 is 0.929 bits per heavy atom. The number of carbonyl (C=O) groups excluding carboxylic acids is 2. The maximum atomic E-state index is 13.9. The minimum Gasteiger partial charge on any atom is -0.352 e. The monoisotopic (exact) mass is 611 g/mol. The summed E-state index contributed by atoms with van der Waals surface area (Å²) in [6.45, 7) is 8.21. The molecule has 0 aliphatic carbocycles. The van der Waals surface area contributed by atoms with Crippen molar-refractivity contribution in [3.63, 3.8) is 0 Å². The van der Waals surface area contributed by atoms with E-state index in [4.69, 9.17) is 11.6 Å². The highest BCUT2D eigenvalue weighted by molar-refractivity contribution is 7.92. The van der Waals surface area contributed by atoms with Crippen molar-refractivity contribution < 1.29 is 18.0 Å². The normalized spacial score (nSPS) is 12.8. The largest absolute Gasteiger partial charge is 0.352 e. The van der Waals surface area contributed by atoms with E-state index in [9.17, 15) is 18.0 Å². The van der Waals surface area contributed by atoms with Crippen molar-refractivity contribution in [2.45, 2.75) is 72.0 Å². The molecule has 3 rings (SSSR count). The summed E-state index contributed by atoms with van der Waals surface area (Å²) in [7, 11) is -3.57. The van der Waals surface area contributed by atoms with Gasteiger partial charge < -0.3 is 10.2 Å². The van der Waals surface area contributed by atoms with E-state index in [1.807, 2.05) is 82.3 Å². The number of hydrogen-bond acceptors (Lipinski definition) is 4. The zero-order valence-electron chi connectivity index (χ0n) is 25.1. The summed E-state index contributed by atoms with van der Waals surface area (Å²) < 4.78 is 26.8. The minimum absolute atomic E-state index is 0.0513. The number of rotatable bonds is 14. The Labute approximate surface area is 255 Å². The van der Waals surface area contributed by atoms with Crippen molar-refractivity contribution in [1.82, 2.24) is 10.2 Å². The maximum absolute atomic E-state index is 13.9. The topological polar surface area (TPSA) is 86.8 Å².